The van der Waals surface area contributed by atoms with E-state index >= 15 is 0 Å². The number of rotatable bonds is 10. The van der Waals surface area contributed by atoms with Gasteiger partial charge in [0.25, 0.3) is 5.91 Å². The van der Waals surface area contributed by atoms with Crippen molar-refractivity contribution in [3.63, 3.8) is 0 Å². The fourth-order valence-corrected chi connectivity index (χ4v) is 4.70. The van der Waals surface area contributed by atoms with Crippen molar-refractivity contribution in [1.29, 1.82) is 0 Å². The molecule has 0 aromatic heterocycles. The number of hydrogen-bond acceptors (Lipinski definition) is 4. The molecular weight excluding hydrogens is 466 g/mol. The average Bonchev–Trinajstić information content (AvgIpc) is 2.85. The Bertz CT molecular complexity index is 1150. The Hall–Kier alpha value is -3.38. The molecule has 0 saturated carbocycles. The van der Waals surface area contributed by atoms with E-state index in [4.69, 9.17) is 9.84 Å². The molecule has 0 radical (unpaired) electrons. The largest absolute Gasteiger partial charge is 0.485 e. The van der Waals surface area contributed by atoms with Crippen LogP contribution in [0.3, 0.4) is 0 Å². The van der Waals surface area contributed by atoms with Crippen LogP contribution in [-0.4, -0.2) is 34.7 Å². The lowest BCUT2D eigenvalue weighted by atomic mass is 9.84. The van der Waals surface area contributed by atoms with Crippen LogP contribution in [0.2, 0.25) is 0 Å². The van der Waals surface area contributed by atoms with Gasteiger partial charge in [-0.15, -0.1) is 0 Å². The maximum atomic E-state index is 12.3. The molecule has 1 amide bonds. The number of amides is 1. The van der Waals surface area contributed by atoms with Crippen molar-refractivity contribution in [2.24, 2.45) is 17.8 Å². The van der Waals surface area contributed by atoms with Gasteiger partial charge in [-0.25, -0.2) is 4.79 Å². The molecule has 3 atom stereocenters. The SMILES string of the molecule is Cc1cc(OC(c2ccc(C(=O)NC[C@H](O)C(=O)O)cc2)C(C)C)cc(C)c1C1=CCC(C(C)C)C=C1. The lowest BCUT2D eigenvalue weighted by Crippen LogP contribution is -2.36. The number of carbonyl (C=O) groups is 2. The number of carboxylic acid groups (broad SMARTS) is 1. The van der Waals surface area contributed by atoms with Crippen LogP contribution in [0, 0.1) is 31.6 Å². The number of aliphatic hydroxyl groups is 1. The fraction of sp³-hybridized carbons (Fsp3) is 0.419. The van der Waals surface area contributed by atoms with Crippen molar-refractivity contribution in [2.45, 2.75) is 60.2 Å². The van der Waals surface area contributed by atoms with E-state index in [2.05, 4.69) is 77.2 Å². The summed E-state index contributed by atoms with van der Waals surface area (Å²) >= 11 is 0. The summed E-state index contributed by atoms with van der Waals surface area (Å²) in [6, 6.07) is 11.3. The van der Waals surface area contributed by atoms with E-state index in [-0.39, 0.29) is 18.6 Å². The van der Waals surface area contributed by atoms with Crippen LogP contribution in [0.25, 0.3) is 5.57 Å². The van der Waals surface area contributed by atoms with Crippen molar-refractivity contribution in [3.8, 4) is 5.75 Å². The van der Waals surface area contributed by atoms with Crippen LogP contribution in [0.15, 0.2) is 54.6 Å². The van der Waals surface area contributed by atoms with Crippen molar-refractivity contribution in [3.05, 3.63) is 82.4 Å². The highest BCUT2D eigenvalue weighted by Crippen LogP contribution is 2.35. The van der Waals surface area contributed by atoms with E-state index in [0.29, 0.717) is 17.4 Å². The molecule has 6 nitrogen and oxygen atoms in total. The number of aliphatic hydroxyl groups excluding tert-OH is 1. The minimum atomic E-state index is -1.64. The number of nitrogens with one attached hydrogen (secondary N) is 1. The first-order valence-corrected chi connectivity index (χ1v) is 12.9. The molecule has 0 bridgehead atoms. The van der Waals surface area contributed by atoms with Crippen molar-refractivity contribution < 1.29 is 24.5 Å². The van der Waals surface area contributed by atoms with Gasteiger partial charge in [0.05, 0.1) is 6.54 Å². The molecule has 0 heterocycles. The zero-order valence-corrected chi connectivity index (χ0v) is 22.6. The van der Waals surface area contributed by atoms with Crippen molar-refractivity contribution in [1.82, 2.24) is 5.32 Å². The number of carbonyl (C=O) groups excluding carboxylic acids is 1. The van der Waals surface area contributed by atoms with Crippen LogP contribution in [-0.2, 0) is 4.79 Å². The number of benzene rings is 2. The van der Waals surface area contributed by atoms with Crippen LogP contribution >= 0.6 is 0 Å². The summed E-state index contributed by atoms with van der Waals surface area (Å²) in [5, 5.41) is 20.6. The number of carboxylic acids is 1. The summed E-state index contributed by atoms with van der Waals surface area (Å²) in [5.41, 5.74) is 6.19. The third-order valence-electron chi connectivity index (χ3n) is 6.90. The first-order valence-electron chi connectivity index (χ1n) is 12.9. The highest BCUT2D eigenvalue weighted by atomic mass is 16.5. The van der Waals surface area contributed by atoms with E-state index < -0.39 is 18.0 Å². The van der Waals surface area contributed by atoms with Gasteiger partial charge < -0.3 is 20.3 Å². The summed E-state index contributed by atoms with van der Waals surface area (Å²) in [4.78, 5) is 23.0. The summed E-state index contributed by atoms with van der Waals surface area (Å²) in [7, 11) is 0. The third-order valence-corrected chi connectivity index (χ3v) is 6.90. The maximum Gasteiger partial charge on any atom is 0.334 e. The summed E-state index contributed by atoms with van der Waals surface area (Å²) in [5.74, 6) is 0.394. The molecule has 0 spiro atoms. The first-order chi connectivity index (χ1) is 17.5. The van der Waals surface area contributed by atoms with Crippen LogP contribution in [0.1, 0.15) is 72.8 Å². The Morgan fingerprint density at radius 3 is 2.16 bits per heavy atom. The van der Waals surface area contributed by atoms with Gasteiger partial charge in [0.1, 0.15) is 11.9 Å². The van der Waals surface area contributed by atoms with Gasteiger partial charge in [0.2, 0.25) is 0 Å². The fourth-order valence-electron chi connectivity index (χ4n) is 4.70. The van der Waals surface area contributed by atoms with Crippen LogP contribution < -0.4 is 10.1 Å². The van der Waals surface area contributed by atoms with Crippen molar-refractivity contribution >= 4 is 17.4 Å². The van der Waals surface area contributed by atoms with Gasteiger partial charge in [-0.3, -0.25) is 4.79 Å². The Balaban J connectivity index is 1.75. The average molecular weight is 506 g/mol. The highest BCUT2D eigenvalue weighted by molar-refractivity contribution is 5.94. The van der Waals surface area contributed by atoms with Crippen LogP contribution in [0.5, 0.6) is 5.75 Å². The van der Waals surface area contributed by atoms with Crippen LogP contribution in [0.4, 0.5) is 0 Å². The van der Waals surface area contributed by atoms with E-state index in [1.54, 1.807) is 12.1 Å². The van der Waals surface area contributed by atoms with E-state index in [1.807, 2.05) is 12.1 Å². The quantitative estimate of drug-likeness (QED) is 0.375. The molecule has 0 fully saturated rings. The molecular formula is C31H39NO5. The molecule has 0 aliphatic heterocycles. The topological polar surface area (TPSA) is 95.9 Å². The Morgan fingerprint density at radius 1 is 1.05 bits per heavy atom. The zero-order valence-electron chi connectivity index (χ0n) is 22.6. The second kappa shape index (κ2) is 12.2. The molecule has 1 aliphatic carbocycles. The Morgan fingerprint density at radius 2 is 1.68 bits per heavy atom. The molecule has 37 heavy (non-hydrogen) atoms. The minimum absolute atomic E-state index is 0.183. The molecule has 0 saturated heterocycles. The molecule has 3 N–H and O–H groups in total. The van der Waals surface area contributed by atoms with E-state index in [0.717, 1.165) is 17.7 Å². The van der Waals surface area contributed by atoms with E-state index in [1.165, 1.54) is 22.3 Å². The lowest BCUT2D eigenvalue weighted by molar-refractivity contribution is -0.146. The lowest BCUT2D eigenvalue weighted by Gasteiger charge is -2.25. The molecule has 1 aliphatic rings. The standard InChI is InChI=1S/C31H39NO5/c1-18(2)22-7-9-23(10-8-22)28-20(5)15-26(16-21(28)6)37-29(19(3)4)24-11-13-25(14-12-24)30(34)32-17-27(33)31(35)36/h7,9-16,18-19,22,27,29,33H,8,17H2,1-6H3,(H,32,34)(H,35,36)/t22?,27-,29?/m0/s1. The predicted molar refractivity (Wildman–Crippen MR) is 147 cm³/mol. The number of hydrogen-bond donors (Lipinski definition) is 3. The number of allylic oxidation sites excluding steroid dienone is 4. The normalized spacial score (nSPS) is 16.9. The number of aliphatic carboxylic acids is 1. The predicted octanol–water partition coefficient (Wildman–Crippen LogP) is 5.87. The summed E-state index contributed by atoms with van der Waals surface area (Å²) < 4.78 is 6.48. The third kappa shape index (κ3) is 7.10. The second-order valence-electron chi connectivity index (χ2n) is 10.6. The zero-order chi connectivity index (χ0) is 27.3. The summed E-state index contributed by atoms with van der Waals surface area (Å²) in [6.07, 6.45) is 6.14. The monoisotopic (exact) mass is 505 g/mol. The maximum absolute atomic E-state index is 12.3. The van der Waals surface area contributed by atoms with E-state index in [9.17, 15) is 14.7 Å². The Kier molecular flexibility index (Phi) is 9.33. The summed E-state index contributed by atoms with van der Waals surface area (Å²) in [6.45, 7) is 12.6. The molecule has 6 heteroatoms. The van der Waals surface area contributed by atoms with Gasteiger partial charge in [0, 0.05) is 5.56 Å². The minimum Gasteiger partial charge on any atom is -0.485 e. The molecule has 198 valence electrons. The Labute approximate surface area is 220 Å². The van der Waals surface area contributed by atoms with Gasteiger partial charge in [-0.2, -0.15) is 0 Å². The molecule has 2 aromatic carbocycles. The molecule has 2 aromatic rings. The van der Waals surface area contributed by atoms with Gasteiger partial charge >= 0.3 is 5.97 Å². The number of aryl methyl sites for hydroxylation is 2. The van der Waals surface area contributed by atoms with Gasteiger partial charge in [-0.1, -0.05) is 58.1 Å². The number of ether oxygens (including phenoxy) is 1. The van der Waals surface area contributed by atoms with Crippen molar-refractivity contribution in [2.75, 3.05) is 6.54 Å². The first kappa shape index (κ1) is 28.2. The van der Waals surface area contributed by atoms with Gasteiger partial charge in [-0.05, 0) is 90.1 Å². The van der Waals surface area contributed by atoms with Gasteiger partial charge in [0.15, 0.2) is 6.10 Å². The highest BCUT2D eigenvalue weighted by Gasteiger charge is 2.21. The smallest absolute Gasteiger partial charge is 0.334 e. The second-order valence-corrected chi connectivity index (χ2v) is 10.6. The molecule has 2 unspecified atom stereocenters. The molecule has 3 rings (SSSR count).